The number of carbonyl (C=O) groups is 1. The molecule has 1 amide bonds. The highest BCUT2D eigenvalue weighted by Crippen LogP contribution is 2.28. The maximum absolute atomic E-state index is 12.8. The summed E-state index contributed by atoms with van der Waals surface area (Å²) in [5.74, 6) is 1.07. The van der Waals surface area contributed by atoms with Crippen LogP contribution in [0.25, 0.3) is 0 Å². The number of methoxy groups -OCH3 is 1. The van der Waals surface area contributed by atoms with Crippen LogP contribution in [0.5, 0.6) is 5.75 Å². The highest BCUT2D eigenvalue weighted by molar-refractivity contribution is 5.77. The summed E-state index contributed by atoms with van der Waals surface area (Å²) in [5, 5.41) is 0. The lowest BCUT2D eigenvalue weighted by Crippen LogP contribution is -2.51. The molecule has 1 heterocycles. The summed E-state index contributed by atoms with van der Waals surface area (Å²) in [5.41, 5.74) is 2.31. The lowest BCUT2D eigenvalue weighted by atomic mass is 9.92. The van der Waals surface area contributed by atoms with Gasteiger partial charge in [0, 0.05) is 13.0 Å². The number of carbonyl (C=O) groups excluding carboxylic acids is 1. The van der Waals surface area contributed by atoms with Crippen LogP contribution < -0.4 is 4.74 Å². The summed E-state index contributed by atoms with van der Waals surface area (Å²) in [7, 11) is 1.67. The fourth-order valence-corrected chi connectivity index (χ4v) is 4.04. The van der Waals surface area contributed by atoms with E-state index in [1.165, 1.54) is 18.4 Å². The Hall–Kier alpha value is -2.33. The molecule has 2 atom stereocenters. The van der Waals surface area contributed by atoms with Crippen molar-refractivity contribution in [3.05, 3.63) is 65.7 Å². The van der Waals surface area contributed by atoms with Crippen molar-refractivity contribution in [1.29, 1.82) is 0 Å². The van der Waals surface area contributed by atoms with Gasteiger partial charge in [-0.3, -0.25) is 4.79 Å². The summed E-state index contributed by atoms with van der Waals surface area (Å²) >= 11 is 0. The van der Waals surface area contributed by atoms with Gasteiger partial charge in [0.1, 0.15) is 5.75 Å². The van der Waals surface area contributed by atoms with Crippen molar-refractivity contribution in [3.63, 3.8) is 0 Å². The van der Waals surface area contributed by atoms with Crippen molar-refractivity contribution in [2.45, 2.75) is 70.7 Å². The van der Waals surface area contributed by atoms with Crippen molar-refractivity contribution in [3.8, 4) is 5.75 Å². The maximum Gasteiger partial charge on any atom is 0.223 e. The Kier molecular flexibility index (Phi) is 8.12. The third-order valence-corrected chi connectivity index (χ3v) is 5.71. The second-order valence-corrected chi connectivity index (χ2v) is 7.81. The number of rotatable bonds is 10. The molecule has 1 fully saturated rings. The van der Waals surface area contributed by atoms with Crippen molar-refractivity contribution < 1.29 is 14.3 Å². The molecule has 29 heavy (non-hydrogen) atoms. The highest BCUT2D eigenvalue weighted by Gasteiger charge is 2.36. The number of benzene rings is 2. The summed E-state index contributed by atoms with van der Waals surface area (Å²) < 4.78 is 11.6. The first-order chi connectivity index (χ1) is 14.2. The predicted octanol–water partition coefficient (Wildman–Crippen LogP) is 5.35. The second kappa shape index (κ2) is 11.0. The molecule has 1 aliphatic heterocycles. The maximum atomic E-state index is 12.8. The number of amides is 1. The van der Waals surface area contributed by atoms with Crippen LogP contribution in [0.3, 0.4) is 0 Å². The Morgan fingerprint density at radius 3 is 2.45 bits per heavy atom. The Balaban J connectivity index is 1.71. The van der Waals surface area contributed by atoms with E-state index in [0.717, 1.165) is 30.6 Å². The van der Waals surface area contributed by atoms with Gasteiger partial charge < -0.3 is 14.4 Å². The second-order valence-electron chi connectivity index (χ2n) is 7.81. The Bertz CT molecular complexity index is 744. The van der Waals surface area contributed by atoms with Gasteiger partial charge in [0.25, 0.3) is 0 Å². The van der Waals surface area contributed by atoms with Gasteiger partial charge in [-0.25, -0.2) is 0 Å². The summed E-state index contributed by atoms with van der Waals surface area (Å²) in [6.07, 6.45) is 5.93. The van der Waals surface area contributed by atoms with Crippen molar-refractivity contribution >= 4 is 5.91 Å². The van der Waals surface area contributed by atoms with E-state index in [1.54, 1.807) is 7.11 Å². The van der Waals surface area contributed by atoms with Crippen LogP contribution >= 0.6 is 0 Å². The molecule has 1 saturated heterocycles. The van der Waals surface area contributed by atoms with Crippen LogP contribution in [0.1, 0.15) is 56.6 Å². The van der Waals surface area contributed by atoms with E-state index in [0.29, 0.717) is 19.6 Å². The van der Waals surface area contributed by atoms with E-state index in [1.807, 2.05) is 42.5 Å². The summed E-state index contributed by atoms with van der Waals surface area (Å²) in [6, 6.07) is 18.4. The number of hydrogen-bond donors (Lipinski definition) is 0. The largest absolute Gasteiger partial charge is 0.497 e. The minimum Gasteiger partial charge on any atom is -0.497 e. The zero-order chi connectivity index (χ0) is 20.5. The first kappa shape index (κ1) is 21.4. The van der Waals surface area contributed by atoms with E-state index in [-0.39, 0.29) is 18.1 Å². The van der Waals surface area contributed by atoms with Crippen molar-refractivity contribution in [2.24, 2.45) is 0 Å². The predicted molar refractivity (Wildman–Crippen MR) is 116 cm³/mol. The average molecular weight is 396 g/mol. The Labute approximate surface area is 174 Å². The van der Waals surface area contributed by atoms with Crippen LogP contribution in [0.4, 0.5) is 0 Å². The number of nitrogens with zero attached hydrogens (tertiary/aromatic N) is 1. The lowest BCUT2D eigenvalue weighted by Gasteiger charge is -2.41. The number of hydrogen-bond acceptors (Lipinski definition) is 3. The summed E-state index contributed by atoms with van der Waals surface area (Å²) in [4.78, 5) is 14.9. The van der Waals surface area contributed by atoms with E-state index in [4.69, 9.17) is 9.47 Å². The Morgan fingerprint density at radius 1 is 1.00 bits per heavy atom. The monoisotopic (exact) mass is 395 g/mol. The minimum atomic E-state index is 0.0861. The van der Waals surface area contributed by atoms with E-state index in [2.05, 4.69) is 24.0 Å². The molecule has 2 aromatic rings. The summed E-state index contributed by atoms with van der Waals surface area (Å²) in [6.45, 7) is 3.44. The molecule has 4 nitrogen and oxygen atoms in total. The van der Waals surface area contributed by atoms with Gasteiger partial charge in [-0.05, 0) is 36.1 Å². The molecular formula is C25H33NO3. The molecule has 0 radical (unpaired) electrons. The molecule has 0 bridgehead atoms. The normalized spacial score (nSPS) is 19.4. The van der Waals surface area contributed by atoms with Gasteiger partial charge in [0.15, 0.2) is 0 Å². The highest BCUT2D eigenvalue weighted by atomic mass is 16.5. The van der Waals surface area contributed by atoms with E-state index >= 15 is 0 Å². The van der Waals surface area contributed by atoms with E-state index in [9.17, 15) is 4.79 Å². The molecule has 0 aromatic heterocycles. The molecular weight excluding hydrogens is 362 g/mol. The molecule has 0 N–H and O–H groups in total. The molecule has 0 saturated carbocycles. The standard InChI is InChI=1S/C25H33NO3/c1-3-4-6-11-23-24(29-19-21-9-7-5-8-10-21)16-17-25(27)26(23)18-20-12-14-22(28-2)15-13-20/h5,7-10,12-15,23-24H,3-4,6,11,16-19H2,1-2H3/t23-,24+/m1/s1. The fraction of sp³-hybridized carbons (Fsp3) is 0.480. The van der Waals surface area contributed by atoms with Crippen LogP contribution in [0, 0.1) is 0 Å². The lowest BCUT2D eigenvalue weighted by molar-refractivity contribution is -0.147. The van der Waals surface area contributed by atoms with E-state index < -0.39 is 0 Å². The Morgan fingerprint density at radius 2 is 1.76 bits per heavy atom. The molecule has 1 aliphatic rings. The van der Waals surface area contributed by atoms with Gasteiger partial charge in [-0.2, -0.15) is 0 Å². The van der Waals surface area contributed by atoms with Crippen LogP contribution in [0.2, 0.25) is 0 Å². The van der Waals surface area contributed by atoms with Crippen LogP contribution in [0.15, 0.2) is 54.6 Å². The fourth-order valence-electron chi connectivity index (χ4n) is 4.04. The average Bonchev–Trinajstić information content (AvgIpc) is 2.76. The van der Waals surface area contributed by atoms with Gasteiger partial charge in [0.2, 0.25) is 5.91 Å². The molecule has 4 heteroatoms. The molecule has 3 rings (SSSR count). The van der Waals surface area contributed by atoms with Gasteiger partial charge in [-0.15, -0.1) is 0 Å². The SMILES string of the molecule is CCCCC[C@@H]1[C@@H](OCc2ccccc2)CCC(=O)N1Cc1ccc(OC)cc1. The molecule has 0 spiro atoms. The smallest absolute Gasteiger partial charge is 0.223 e. The molecule has 2 aromatic carbocycles. The number of ether oxygens (including phenoxy) is 2. The molecule has 0 unspecified atom stereocenters. The van der Waals surface area contributed by atoms with Crippen LogP contribution in [-0.2, 0) is 22.7 Å². The first-order valence-electron chi connectivity index (χ1n) is 10.8. The zero-order valence-electron chi connectivity index (χ0n) is 17.7. The third-order valence-electron chi connectivity index (χ3n) is 5.71. The number of unbranched alkanes of at least 4 members (excludes halogenated alkanes) is 2. The van der Waals surface area contributed by atoms with Gasteiger partial charge in [-0.1, -0.05) is 68.7 Å². The topological polar surface area (TPSA) is 38.8 Å². The molecule has 156 valence electrons. The molecule has 0 aliphatic carbocycles. The van der Waals surface area contributed by atoms with Crippen molar-refractivity contribution in [2.75, 3.05) is 7.11 Å². The number of likely N-dealkylation sites (tertiary alicyclic amines) is 1. The minimum absolute atomic E-state index is 0.0861. The third kappa shape index (κ3) is 6.07. The number of piperidine rings is 1. The first-order valence-corrected chi connectivity index (χ1v) is 10.8. The van der Waals surface area contributed by atoms with Crippen molar-refractivity contribution in [1.82, 2.24) is 4.90 Å². The van der Waals surface area contributed by atoms with Gasteiger partial charge in [0.05, 0.1) is 25.9 Å². The van der Waals surface area contributed by atoms with Gasteiger partial charge >= 0.3 is 0 Å². The van der Waals surface area contributed by atoms with Crippen LogP contribution in [-0.4, -0.2) is 30.1 Å². The quantitative estimate of drug-likeness (QED) is 0.509. The zero-order valence-corrected chi connectivity index (χ0v) is 17.7.